The van der Waals surface area contributed by atoms with Crippen molar-refractivity contribution in [3.8, 4) is 0 Å². The summed E-state index contributed by atoms with van der Waals surface area (Å²) in [4.78, 5) is 22.4. The van der Waals surface area contributed by atoms with Crippen LogP contribution in [0.25, 0.3) is 0 Å². The molecule has 1 aliphatic rings. The molecule has 1 fully saturated rings. The van der Waals surface area contributed by atoms with Crippen molar-refractivity contribution in [3.63, 3.8) is 0 Å². The maximum absolute atomic E-state index is 12.3. The zero-order chi connectivity index (χ0) is 15.2. The second kappa shape index (κ2) is 7.61. The van der Waals surface area contributed by atoms with E-state index in [9.17, 15) is 4.79 Å². The topological polar surface area (TPSA) is 39.7 Å². The molecule has 2 amide bonds. The van der Waals surface area contributed by atoms with E-state index in [4.69, 9.17) is 11.6 Å². The number of rotatable bonds is 4. The average Bonchev–Trinajstić information content (AvgIpc) is 2.49. The highest BCUT2D eigenvalue weighted by Gasteiger charge is 2.23. The van der Waals surface area contributed by atoms with Gasteiger partial charge in [0.25, 0.3) is 0 Å². The summed E-state index contributed by atoms with van der Waals surface area (Å²) in [5.41, 5.74) is 1.17. The molecule has 1 aliphatic heterocycles. The van der Waals surface area contributed by atoms with Crippen molar-refractivity contribution in [1.29, 1.82) is 0 Å². The largest absolute Gasteiger partial charge is 0.325 e. The molecule has 0 atom stereocenters. The molecular weight excluding hydrogens is 288 g/mol. The number of nitrogens with zero attached hydrogens (tertiary/aromatic N) is 4. The van der Waals surface area contributed by atoms with Crippen molar-refractivity contribution in [2.75, 3.05) is 39.3 Å². The van der Waals surface area contributed by atoms with Crippen molar-refractivity contribution in [2.45, 2.75) is 20.4 Å². The van der Waals surface area contributed by atoms with Gasteiger partial charge in [-0.3, -0.25) is 4.90 Å². The fraction of sp³-hybridized carbons (Fsp3) is 0.600. The lowest BCUT2D eigenvalue weighted by Crippen LogP contribution is -2.52. The van der Waals surface area contributed by atoms with Crippen LogP contribution in [0.2, 0.25) is 5.15 Å². The number of halogens is 1. The van der Waals surface area contributed by atoms with Crippen LogP contribution in [0.3, 0.4) is 0 Å². The Labute approximate surface area is 131 Å². The van der Waals surface area contributed by atoms with E-state index in [0.29, 0.717) is 5.15 Å². The van der Waals surface area contributed by atoms with Gasteiger partial charge in [0.05, 0.1) is 0 Å². The predicted octanol–water partition coefficient (Wildman–Crippen LogP) is 2.31. The van der Waals surface area contributed by atoms with Crippen LogP contribution in [0.1, 0.15) is 19.4 Å². The smallest absolute Gasteiger partial charge is 0.320 e. The quantitative estimate of drug-likeness (QED) is 0.801. The van der Waals surface area contributed by atoms with Gasteiger partial charge in [-0.1, -0.05) is 11.6 Å². The molecule has 2 rings (SSSR count). The first-order valence-corrected chi connectivity index (χ1v) is 7.88. The van der Waals surface area contributed by atoms with Crippen LogP contribution in [0.4, 0.5) is 4.79 Å². The number of pyridine rings is 1. The number of carbonyl (C=O) groups is 1. The summed E-state index contributed by atoms with van der Waals surface area (Å²) in [5.74, 6) is 0. The van der Waals surface area contributed by atoms with Gasteiger partial charge in [0.2, 0.25) is 0 Å². The van der Waals surface area contributed by atoms with Gasteiger partial charge < -0.3 is 9.80 Å². The third-order valence-corrected chi connectivity index (χ3v) is 4.08. The van der Waals surface area contributed by atoms with Gasteiger partial charge in [-0.15, -0.1) is 0 Å². The molecule has 0 aromatic carbocycles. The van der Waals surface area contributed by atoms with Crippen LogP contribution in [-0.2, 0) is 6.54 Å². The molecule has 0 saturated carbocycles. The normalized spacial score (nSPS) is 16.0. The molecule has 0 N–H and O–H groups in total. The minimum absolute atomic E-state index is 0.159. The molecule has 21 heavy (non-hydrogen) atoms. The third-order valence-electron chi connectivity index (χ3n) is 3.87. The summed E-state index contributed by atoms with van der Waals surface area (Å²) in [7, 11) is 0. The number of aromatic nitrogens is 1. The molecule has 1 saturated heterocycles. The highest BCUT2D eigenvalue weighted by Crippen LogP contribution is 2.12. The predicted molar refractivity (Wildman–Crippen MR) is 84.4 cm³/mol. The summed E-state index contributed by atoms with van der Waals surface area (Å²) >= 11 is 5.91. The SMILES string of the molecule is CCN(CC)C(=O)N1CCN(Cc2ccnc(Cl)c2)CC1. The van der Waals surface area contributed by atoms with Crippen LogP contribution in [-0.4, -0.2) is 65.0 Å². The summed E-state index contributed by atoms with van der Waals surface area (Å²) < 4.78 is 0. The lowest BCUT2D eigenvalue weighted by Gasteiger charge is -2.37. The monoisotopic (exact) mass is 310 g/mol. The zero-order valence-corrected chi connectivity index (χ0v) is 13.5. The lowest BCUT2D eigenvalue weighted by molar-refractivity contribution is 0.112. The molecule has 2 heterocycles. The van der Waals surface area contributed by atoms with Crippen LogP contribution < -0.4 is 0 Å². The van der Waals surface area contributed by atoms with E-state index < -0.39 is 0 Å². The van der Waals surface area contributed by atoms with Crippen LogP contribution in [0.5, 0.6) is 0 Å². The van der Waals surface area contributed by atoms with Gasteiger partial charge in [0.1, 0.15) is 5.15 Å². The molecule has 6 heteroatoms. The van der Waals surface area contributed by atoms with E-state index in [1.54, 1.807) is 6.20 Å². The summed E-state index contributed by atoms with van der Waals surface area (Å²) in [6, 6.07) is 4.04. The van der Waals surface area contributed by atoms with E-state index in [-0.39, 0.29) is 6.03 Å². The maximum atomic E-state index is 12.3. The maximum Gasteiger partial charge on any atom is 0.320 e. The number of carbonyl (C=O) groups excluding carboxylic acids is 1. The number of amides is 2. The Morgan fingerprint density at radius 1 is 1.29 bits per heavy atom. The van der Waals surface area contributed by atoms with E-state index in [2.05, 4.69) is 9.88 Å². The summed E-state index contributed by atoms with van der Waals surface area (Å²) in [5, 5.41) is 0.530. The van der Waals surface area contributed by atoms with Gasteiger partial charge in [-0.05, 0) is 31.5 Å². The second-order valence-electron chi connectivity index (χ2n) is 5.20. The fourth-order valence-corrected chi connectivity index (χ4v) is 2.79. The molecule has 0 aliphatic carbocycles. The molecule has 0 unspecified atom stereocenters. The van der Waals surface area contributed by atoms with Crippen LogP contribution in [0, 0.1) is 0 Å². The number of piperazine rings is 1. The third kappa shape index (κ3) is 4.32. The van der Waals surface area contributed by atoms with Crippen LogP contribution >= 0.6 is 11.6 Å². The number of urea groups is 1. The van der Waals surface area contributed by atoms with E-state index in [1.165, 1.54) is 5.56 Å². The first-order chi connectivity index (χ1) is 10.1. The Morgan fingerprint density at radius 2 is 1.95 bits per heavy atom. The fourth-order valence-electron chi connectivity index (χ4n) is 2.59. The minimum Gasteiger partial charge on any atom is -0.325 e. The Hall–Kier alpha value is -1.33. The number of hydrogen-bond donors (Lipinski definition) is 0. The number of hydrogen-bond acceptors (Lipinski definition) is 3. The van der Waals surface area contributed by atoms with Crippen molar-refractivity contribution in [3.05, 3.63) is 29.0 Å². The highest BCUT2D eigenvalue weighted by atomic mass is 35.5. The van der Waals surface area contributed by atoms with E-state index in [0.717, 1.165) is 45.8 Å². The molecule has 5 nitrogen and oxygen atoms in total. The summed E-state index contributed by atoms with van der Waals surface area (Å²) in [6.07, 6.45) is 1.73. The van der Waals surface area contributed by atoms with Crippen LogP contribution in [0.15, 0.2) is 18.3 Å². The van der Waals surface area contributed by atoms with E-state index in [1.807, 2.05) is 35.8 Å². The van der Waals surface area contributed by atoms with Crippen molar-refractivity contribution in [2.24, 2.45) is 0 Å². The van der Waals surface area contributed by atoms with Gasteiger partial charge in [-0.25, -0.2) is 9.78 Å². The molecule has 1 aromatic rings. The molecule has 1 aromatic heterocycles. The highest BCUT2D eigenvalue weighted by molar-refractivity contribution is 6.29. The van der Waals surface area contributed by atoms with Crippen molar-refractivity contribution in [1.82, 2.24) is 19.7 Å². The first kappa shape index (κ1) is 16.0. The van der Waals surface area contributed by atoms with Gasteiger partial charge >= 0.3 is 6.03 Å². The Kier molecular flexibility index (Phi) is 5.82. The lowest BCUT2D eigenvalue weighted by atomic mass is 10.2. The molecule has 0 radical (unpaired) electrons. The molecule has 0 bridgehead atoms. The van der Waals surface area contributed by atoms with Crippen molar-refractivity contribution >= 4 is 17.6 Å². The minimum atomic E-state index is 0.159. The first-order valence-electron chi connectivity index (χ1n) is 7.50. The Bertz CT molecular complexity index is 470. The van der Waals surface area contributed by atoms with Crippen molar-refractivity contribution < 1.29 is 4.79 Å². The molecule has 0 spiro atoms. The second-order valence-corrected chi connectivity index (χ2v) is 5.59. The van der Waals surface area contributed by atoms with Gasteiger partial charge in [0, 0.05) is 52.0 Å². The van der Waals surface area contributed by atoms with Gasteiger partial charge in [0.15, 0.2) is 0 Å². The van der Waals surface area contributed by atoms with E-state index >= 15 is 0 Å². The molecular formula is C15H23ClN4O. The molecule has 116 valence electrons. The standard InChI is InChI=1S/C15H23ClN4O/c1-3-19(4-2)15(21)20-9-7-18(8-10-20)12-13-5-6-17-14(16)11-13/h5-6,11H,3-4,7-10,12H2,1-2H3. The Balaban J connectivity index is 1.84. The summed E-state index contributed by atoms with van der Waals surface area (Å²) in [6.45, 7) is 9.80. The van der Waals surface area contributed by atoms with Gasteiger partial charge in [-0.2, -0.15) is 0 Å². The Morgan fingerprint density at radius 3 is 2.52 bits per heavy atom. The average molecular weight is 311 g/mol. The zero-order valence-electron chi connectivity index (χ0n) is 12.8.